The Labute approximate surface area is 197 Å². The number of para-hydroxylation sites is 2. The number of nitrogens with one attached hydrogen (secondary N) is 1. The summed E-state index contributed by atoms with van der Waals surface area (Å²) in [5.74, 6) is 1.91. The second-order valence-electron chi connectivity index (χ2n) is 8.15. The fourth-order valence-corrected chi connectivity index (χ4v) is 4.28. The largest absolute Gasteiger partial charge is 0.494 e. The number of hydrogen-bond acceptors (Lipinski definition) is 5. The third-order valence-electron chi connectivity index (χ3n) is 5.99. The molecule has 7 heteroatoms. The number of rotatable bonds is 9. The number of piperazine rings is 1. The van der Waals surface area contributed by atoms with E-state index in [9.17, 15) is 4.79 Å². The molecule has 0 spiro atoms. The van der Waals surface area contributed by atoms with Gasteiger partial charge in [0.2, 0.25) is 5.91 Å². The van der Waals surface area contributed by atoms with E-state index in [0.717, 1.165) is 69.2 Å². The molecule has 0 atom stereocenters. The molecule has 0 saturated carbocycles. The minimum absolute atomic E-state index is 0. The molecule has 0 radical (unpaired) electrons. The van der Waals surface area contributed by atoms with Crippen molar-refractivity contribution in [3.8, 4) is 11.5 Å². The van der Waals surface area contributed by atoms with Crippen molar-refractivity contribution in [2.45, 2.75) is 32.6 Å². The Hall–Kier alpha value is -2.44. The summed E-state index contributed by atoms with van der Waals surface area (Å²) >= 11 is 0. The average Bonchev–Trinajstić information content (AvgIpc) is 2.80. The van der Waals surface area contributed by atoms with Gasteiger partial charge in [-0.3, -0.25) is 9.69 Å². The number of fused-ring (bicyclic) bond motifs is 1. The first-order chi connectivity index (χ1) is 15.2. The first kappa shape index (κ1) is 24.2. The van der Waals surface area contributed by atoms with Crippen molar-refractivity contribution in [2.75, 3.05) is 56.2 Å². The summed E-state index contributed by atoms with van der Waals surface area (Å²) in [6.07, 6.45) is 3.53. The van der Waals surface area contributed by atoms with Gasteiger partial charge in [-0.2, -0.15) is 0 Å². The molecule has 1 N–H and O–H groups in total. The molecule has 6 nitrogen and oxygen atoms in total. The van der Waals surface area contributed by atoms with Crippen LogP contribution in [0.15, 0.2) is 42.5 Å². The van der Waals surface area contributed by atoms with Gasteiger partial charge in [0.15, 0.2) is 0 Å². The zero-order valence-corrected chi connectivity index (χ0v) is 19.7. The van der Waals surface area contributed by atoms with Crippen LogP contribution in [0.4, 0.5) is 11.4 Å². The van der Waals surface area contributed by atoms with E-state index in [1.807, 2.05) is 25.1 Å². The molecule has 2 aromatic carbocycles. The van der Waals surface area contributed by atoms with Crippen molar-refractivity contribution in [3.05, 3.63) is 48.0 Å². The number of benzene rings is 2. The molecule has 1 amide bonds. The predicted octanol–water partition coefficient (Wildman–Crippen LogP) is 4.37. The van der Waals surface area contributed by atoms with E-state index in [4.69, 9.17) is 9.47 Å². The maximum absolute atomic E-state index is 11.6. The minimum atomic E-state index is 0. The zero-order chi connectivity index (χ0) is 21.5. The summed E-state index contributed by atoms with van der Waals surface area (Å²) in [4.78, 5) is 16.5. The van der Waals surface area contributed by atoms with Crippen LogP contribution in [-0.4, -0.2) is 56.7 Å². The molecule has 1 fully saturated rings. The summed E-state index contributed by atoms with van der Waals surface area (Å²) in [6, 6.07) is 14.4. The van der Waals surface area contributed by atoms with Gasteiger partial charge in [-0.1, -0.05) is 18.2 Å². The smallest absolute Gasteiger partial charge is 0.224 e. The van der Waals surface area contributed by atoms with Crippen LogP contribution >= 0.6 is 12.4 Å². The SMILES string of the molecule is CCOc1ccccc1N1CCN(CCCCOc2ccc3c(c2)NC(=O)CC3)CC1.Cl. The molecule has 0 aromatic heterocycles. The Morgan fingerprint density at radius 2 is 1.78 bits per heavy atom. The molecule has 2 heterocycles. The van der Waals surface area contributed by atoms with Crippen LogP contribution in [0, 0.1) is 0 Å². The zero-order valence-electron chi connectivity index (χ0n) is 18.8. The molecule has 1 saturated heterocycles. The summed E-state index contributed by atoms with van der Waals surface area (Å²) < 4.78 is 11.7. The highest BCUT2D eigenvalue weighted by atomic mass is 35.5. The van der Waals surface area contributed by atoms with Crippen LogP contribution in [0.3, 0.4) is 0 Å². The lowest BCUT2D eigenvalue weighted by atomic mass is 10.0. The van der Waals surface area contributed by atoms with E-state index < -0.39 is 0 Å². The first-order valence-corrected chi connectivity index (χ1v) is 11.5. The van der Waals surface area contributed by atoms with Gasteiger partial charge in [-0.15, -0.1) is 12.4 Å². The molecule has 2 aliphatic heterocycles. The molecule has 2 aromatic rings. The Balaban J connectivity index is 0.00000289. The van der Waals surface area contributed by atoms with E-state index in [1.54, 1.807) is 0 Å². The van der Waals surface area contributed by atoms with E-state index in [1.165, 1.54) is 11.3 Å². The number of hydrogen-bond donors (Lipinski definition) is 1. The second kappa shape index (κ2) is 12.0. The van der Waals surface area contributed by atoms with Crippen LogP contribution < -0.4 is 19.7 Å². The van der Waals surface area contributed by atoms with E-state index in [-0.39, 0.29) is 18.3 Å². The van der Waals surface area contributed by atoms with Gasteiger partial charge in [0.25, 0.3) is 0 Å². The summed E-state index contributed by atoms with van der Waals surface area (Å²) in [5, 5.41) is 2.93. The van der Waals surface area contributed by atoms with Crippen molar-refractivity contribution in [1.29, 1.82) is 0 Å². The number of halogens is 1. The number of nitrogens with zero attached hydrogens (tertiary/aromatic N) is 2. The molecule has 174 valence electrons. The number of amides is 1. The van der Waals surface area contributed by atoms with E-state index in [2.05, 4.69) is 39.4 Å². The topological polar surface area (TPSA) is 54.0 Å². The standard InChI is InChI=1S/C25H33N3O3.ClH/c1-2-30-24-8-4-3-7-23(24)28-16-14-27(15-17-28)13-5-6-18-31-21-11-9-20-10-12-25(29)26-22(20)19-21;/h3-4,7-9,11,19H,2,5-6,10,12-18H2,1H3,(H,26,29);1H. The third-order valence-corrected chi connectivity index (χ3v) is 5.99. The number of ether oxygens (including phenoxy) is 2. The molecular weight excluding hydrogens is 426 g/mol. The van der Waals surface area contributed by atoms with Crippen LogP contribution in [0.5, 0.6) is 11.5 Å². The molecule has 2 aliphatic rings. The number of anilines is 2. The molecule has 32 heavy (non-hydrogen) atoms. The minimum Gasteiger partial charge on any atom is -0.494 e. The molecule has 4 rings (SSSR count). The lowest BCUT2D eigenvalue weighted by molar-refractivity contribution is -0.116. The quantitative estimate of drug-likeness (QED) is 0.564. The van der Waals surface area contributed by atoms with Crippen LogP contribution in [0.2, 0.25) is 0 Å². The van der Waals surface area contributed by atoms with Crippen LogP contribution in [-0.2, 0) is 11.2 Å². The Kier molecular flexibility index (Phi) is 9.06. The maximum atomic E-state index is 11.6. The highest BCUT2D eigenvalue weighted by molar-refractivity contribution is 5.94. The maximum Gasteiger partial charge on any atom is 0.224 e. The Bertz CT molecular complexity index is 884. The normalized spacial score (nSPS) is 16.0. The predicted molar refractivity (Wildman–Crippen MR) is 132 cm³/mol. The van der Waals surface area contributed by atoms with Crippen molar-refractivity contribution in [2.24, 2.45) is 0 Å². The monoisotopic (exact) mass is 459 g/mol. The molecule has 0 aliphatic carbocycles. The van der Waals surface area contributed by atoms with Gasteiger partial charge >= 0.3 is 0 Å². The number of carbonyl (C=O) groups is 1. The summed E-state index contributed by atoms with van der Waals surface area (Å²) in [5.41, 5.74) is 3.30. The number of aryl methyl sites for hydroxylation is 1. The molecule has 0 bridgehead atoms. The highest BCUT2D eigenvalue weighted by Crippen LogP contribution is 2.29. The second-order valence-corrected chi connectivity index (χ2v) is 8.15. The third kappa shape index (κ3) is 6.30. The number of carbonyl (C=O) groups excluding carboxylic acids is 1. The fourth-order valence-electron chi connectivity index (χ4n) is 4.28. The van der Waals surface area contributed by atoms with Crippen molar-refractivity contribution < 1.29 is 14.3 Å². The van der Waals surface area contributed by atoms with Gasteiger partial charge in [0.1, 0.15) is 11.5 Å². The number of unbranched alkanes of at least 4 members (excludes halogenated alkanes) is 1. The first-order valence-electron chi connectivity index (χ1n) is 11.5. The van der Waals surface area contributed by atoms with Gasteiger partial charge in [-0.25, -0.2) is 0 Å². The molecular formula is C25H34ClN3O3. The van der Waals surface area contributed by atoms with Crippen molar-refractivity contribution in [3.63, 3.8) is 0 Å². The fraction of sp³-hybridized carbons (Fsp3) is 0.480. The van der Waals surface area contributed by atoms with Crippen molar-refractivity contribution >= 4 is 29.7 Å². The van der Waals surface area contributed by atoms with Gasteiger partial charge in [-0.05, 0) is 56.5 Å². The van der Waals surface area contributed by atoms with Crippen LogP contribution in [0.25, 0.3) is 0 Å². The lowest BCUT2D eigenvalue weighted by Gasteiger charge is -2.36. The van der Waals surface area contributed by atoms with Crippen molar-refractivity contribution in [1.82, 2.24) is 4.90 Å². The molecule has 0 unspecified atom stereocenters. The van der Waals surface area contributed by atoms with E-state index in [0.29, 0.717) is 19.6 Å². The average molecular weight is 460 g/mol. The summed E-state index contributed by atoms with van der Waals surface area (Å²) in [6.45, 7) is 8.74. The van der Waals surface area contributed by atoms with Crippen LogP contribution in [0.1, 0.15) is 31.7 Å². The Morgan fingerprint density at radius 1 is 0.969 bits per heavy atom. The van der Waals surface area contributed by atoms with Gasteiger partial charge < -0.3 is 19.7 Å². The summed E-state index contributed by atoms with van der Waals surface area (Å²) in [7, 11) is 0. The van der Waals surface area contributed by atoms with Gasteiger partial charge in [0.05, 0.1) is 18.9 Å². The lowest BCUT2D eigenvalue weighted by Crippen LogP contribution is -2.46. The highest BCUT2D eigenvalue weighted by Gasteiger charge is 2.19. The van der Waals surface area contributed by atoms with Gasteiger partial charge in [0, 0.05) is 44.4 Å². The Morgan fingerprint density at radius 3 is 2.59 bits per heavy atom. The van der Waals surface area contributed by atoms with E-state index >= 15 is 0 Å².